The van der Waals surface area contributed by atoms with Crippen molar-refractivity contribution in [2.45, 2.75) is 26.3 Å². The summed E-state index contributed by atoms with van der Waals surface area (Å²) >= 11 is 3.22. The Morgan fingerprint density at radius 1 is 1.50 bits per heavy atom. The molecule has 0 bridgehead atoms. The molecule has 0 radical (unpaired) electrons. The third-order valence-electron chi connectivity index (χ3n) is 1.65. The van der Waals surface area contributed by atoms with Gasteiger partial charge < -0.3 is 5.32 Å². The Morgan fingerprint density at radius 3 is 2.64 bits per heavy atom. The molecular formula is C8H10BrF2N3. The van der Waals surface area contributed by atoms with E-state index >= 15 is 0 Å². The third kappa shape index (κ3) is 2.87. The minimum Gasteiger partial charge on any atom is -0.346 e. The Bertz CT molecular complexity index is 319. The van der Waals surface area contributed by atoms with Gasteiger partial charge in [0, 0.05) is 6.20 Å². The summed E-state index contributed by atoms with van der Waals surface area (Å²) in [5.41, 5.74) is 0.712. The first-order valence-electron chi connectivity index (χ1n) is 4.04. The van der Waals surface area contributed by atoms with Gasteiger partial charge in [0.1, 0.15) is 0 Å². The van der Waals surface area contributed by atoms with E-state index in [0.717, 1.165) is 4.47 Å². The molecule has 0 saturated heterocycles. The molecule has 0 fully saturated rings. The summed E-state index contributed by atoms with van der Waals surface area (Å²) < 4.78 is 25.1. The highest BCUT2D eigenvalue weighted by Crippen LogP contribution is 2.14. The van der Waals surface area contributed by atoms with Crippen LogP contribution in [0.1, 0.15) is 12.6 Å². The average Bonchev–Trinajstić information content (AvgIpc) is 2.11. The summed E-state index contributed by atoms with van der Waals surface area (Å²) in [5.74, 6) is 0.221. The van der Waals surface area contributed by atoms with Gasteiger partial charge in [-0.3, -0.25) is 0 Å². The number of anilines is 1. The van der Waals surface area contributed by atoms with Crippen LogP contribution in [0.4, 0.5) is 14.7 Å². The average molecular weight is 266 g/mol. The first-order chi connectivity index (χ1) is 6.50. The highest BCUT2D eigenvalue weighted by Gasteiger charge is 2.15. The van der Waals surface area contributed by atoms with Gasteiger partial charge in [-0.1, -0.05) is 0 Å². The Morgan fingerprint density at radius 2 is 2.14 bits per heavy atom. The van der Waals surface area contributed by atoms with Gasteiger partial charge in [0.15, 0.2) is 0 Å². The summed E-state index contributed by atoms with van der Waals surface area (Å²) in [6.07, 6.45) is -0.898. The summed E-state index contributed by atoms with van der Waals surface area (Å²) in [5, 5.41) is 2.52. The van der Waals surface area contributed by atoms with Crippen LogP contribution in [0.3, 0.4) is 0 Å². The standard InChI is InChI=1S/C8H10BrF2N3/c1-4-6(9)3-12-8(13-4)14-5(2)7(10)11/h3,5,7H,1-2H3,(H,12,13,14). The maximum Gasteiger partial charge on any atom is 0.258 e. The second kappa shape index (κ2) is 4.63. The minimum absolute atomic E-state index is 0.221. The molecule has 1 heterocycles. The zero-order chi connectivity index (χ0) is 10.7. The topological polar surface area (TPSA) is 37.8 Å². The van der Waals surface area contributed by atoms with Gasteiger partial charge in [-0.25, -0.2) is 18.7 Å². The van der Waals surface area contributed by atoms with Crippen molar-refractivity contribution >= 4 is 21.9 Å². The van der Waals surface area contributed by atoms with E-state index in [-0.39, 0.29) is 5.95 Å². The smallest absolute Gasteiger partial charge is 0.258 e. The third-order valence-corrected chi connectivity index (χ3v) is 2.43. The van der Waals surface area contributed by atoms with Gasteiger partial charge in [-0.15, -0.1) is 0 Å². The Labute approximate surface area is 89.1 Å². The number of alkyl halides is 2. The van der Waals surface area contributed by atoms with Gasteiger partial charge in [0.25, 0.3) is 6.43 Å². The van der Waals surface area contributed by atoms with Crippen LogP contribution in [0.25, 0.3) is 0 Å². The number of hydrogen-bond donors (Lipinski definition) is 1. The predicted octanol–water partition coefficient (Wildman–Crippen LogP) is 2.61. The highest BCUT2D eigenvalue weighted by atomic mass is 79.9. The first kappa shape index (κ1) is 11.3. The van der Waals surface area contributed by atoms with Crippen LogP contribution in [0.15, 0.2) is 10.7 Å². The van der Waals surface area contributed by atoms with Crippen molar-refractivity contribution < 1.29 is 8.78 Å². The number of aryl methyl sites for hydroxylation is 1. The number of nitrogens with zero attached hydrogens (tertiary/aromatic N) is 2. The second-order valence-corrected chi connectivity index (χ2v) is 3.75. The summed E-state index contributed by atoms with van der Waals surface area (Å²) in [6.45, 7) is 3.15. The van der Waals surface area contributed by atoms with E-state index in [1.165, 1.54) is 13.1 Å². The zero-order valence-electron chi connectivity index (χ0n) is 7.76. The van der Waals surface area contributed by atoms with Crippen molar-refractivity contribution in [3.05, 3.63) is 16.4 Å². The fraction of sp³-hybridized carbons (Fsp3) is 0.500. The lowest BCUT2D eigenvalue weighted by Gasteiger charge is -2.12. The van der Waals surface area contributed by atoms with E-state index in [4.69, 9.17) is 0 Å². The molecule has 0 aromatic carbocycles. The molecule has 6 heteroatoms. The van der Waals surface area contributed by atoms with E-state index in [0.29, 0.717) is 5.69 Å². The molecule has 1 aromatic heterocycles. The number of hydrogen-bond acceptors (Lipinski definition) is 3. The molecule has 1 atom stereocenters. The van der Waals surface area contributed by atoms with Gasteiger partial charge in [-0.05, 0) is 29.8 Å². The van der Waals surface area contributed by atoms with Crippen LogP contribution >= 0.6 is 15.9 Å². The fourth-order valence-corrected chi connectivity index (χ4v) is 0.980. The van der Waals surface area contributed by atoms with Gasteiger partial charge in [0.2, 0.25) is 5.95 Å². The molecule has 0 saturated carbocycles. The normalized spacial score (nSPS) is 13.0. The van der Waals surface area contributed by atoms with E-state index in [1.807, 2.05) is 0 Å². The van der Waals surface area contributed by atoms with Gasteiger partial charge >= 0.3 is 0 Å². The SMILES string of the molecule is Cc1nc(NC(C)C(F)F)ncc1Br. The lowest BCUT2D eigenvalue weighted by atomic mass is 10.3. The van der Waals surface area contributed by atoms with Crippen molar-refractivity contribution in [2.75, 3.05) is 5.32 Å². The first-order valence-corrected chi connectivity index (χ1v) is 4.84. The maximum atomic E-state index is 12.2. The molecule has 0 amide bonds. The largest absolute Gasteiger partial charge is 0.346 e. The summed E-state index contributed by atoms with van der Waals surface area (Å²) in [4.78, 5) is 7.85. The van der Waals surface area contributed by atoms with Gasteiger partial charge in [0.05, 0.1) is 16.2 Å². The van der Waals surface area contributed by atoms with Gasteiger partial charge in [-0.2, -0.15) is 0 Å². The van der Waals surface area contributed by atoms with Crippen molar-refractivity contribution in [3.63, 3.8) is 0 Å². The van der Waals surface area contributed by atoms with Crippen molar-refractivity contribution in [2.24, 2.45) is 0 Å². The monoisotopic (exact) mass is 265 g/mol. The number of halogens is 3. The number of rotatable bonds is 3. The fourth-order valence-electron chi connectivity index (χ4n) is 0.789. The molecule has 0 spiro atoms. The highest BCUT2D eigenvalue weighted by molar-refractivity contribution is 9.10. The van der Waals surface area contributed by atoms with Crippen molar-refractivity contribution in [3.8, 4) is 0 Å². The molecule has 3 nitrogen and oxygen atoms in total. The minimum atomic E-state index is -2.43. The predicted molar refractivity (Wildman–Crippen MR) is 53.6 cm³/mol. The number of aromatic nitrogens is 2. The van der Waals surface area contributed by atoms with E-state index in [9.17, 15) is 8.78 Å². The van der Waals surface area contributed by atoms with Crippen molar-refractivity contribution in [1.29, 1.82) is 0 Å². The van der Waals surface area contributed by atoms with E-state index in [1.54, 1.807) is 6.92 Å². The Hall–Kier alpha value is -0.780. The van der Waals surface area contributed by atoms with E-state index in [2.05, 4.69) is 31.2 Å². The Balaban J connectivity index is 2.73. The maximum absolute atomic E-state index is 12.2. The van der Waals surface area contributed by atoms with Crippen LogP contribution in [0, 0.1) is 6.92 Å². The molecule has 0 aliphatic carbocycles. The van der Waals surface area contributed by atoms with Crippen LogP contribution in [-0.2, 0) is 0 Å². The second-order valence-electron chi connectivity index (χ2n) is 2.89. The summed E-state index contributed by atoms with van der Waals surface area (Å²) in [7, 11) is 0. The molecule has 0 aliphatic rings. The Kier molecular flexibility index (Phi) is 3.74. The summed E-state index contributed by atoms with van der Waals surface area (Å²) in [6, 6.07) is -0.949. The zero-order valence-corrected chi connectivity index (χ0v) is 9.35. The molecule has 1 unspecified atom stereocenters. The molecule has 0 aliphatic heterocycles. The lowest BCUT2D eigenvalue weighted by molar-refractivity contribution is 0.130. The van der Waals surface area contributed by atoms with Crippen LogP contribution < -0.4 is 5.32 Å². The van der Waals surface area contributed by atoms with E-state index < -0.39 is 12.5 Å². The molecule has 78 valence electrons. The van der Waals surface area contributed by atoms with Crippen LogP contribution in [-0.4, -0.2) is 22.4 Å². The molecule has 1 N–H and O–H groups in total. The molecule has 1 rings (SSSR count). The molecular weight excluding hydrogens is 256 g/mol. The lowest BCUT2D eigenvalue weighted by Crippen LogP contribution is -2.25. The molecule has 1 aromatic rings. The van der Waals surface area contributed by atoms with Crippen molar-refractivity contribution in [1.82, 2.24) is 9.97 Å². The van der Waals surface area contributed by atoms with Crippen LogP contribution in [0.5, 0.6) is 0 Å². The molecule has 14 heavy (non-hydrogen) atoms. The number of nitrogens with one attached hydrogen (secondary N) is 1. The van der Waals surface area contributed by atoms with Crippen LogP contribution in [0.2, 0.25) is 0 Å². The quantitative estimate of drug-likeness (QED) is 0.913.